The number of amides is 1. The van der Waals surface area contributed by atoms with Gasteiger partial charge < -0.3 is 14.5 Å². The lowest BCUT2D eigenvalue weighted by Crippen LogP contribution is -2.21. The SMILES string of the molecule is Cc1ccc(OCC(=O)Nc2c(C(=O)c3ccc(Cl)cc3)oc3ccccc23)cc1C. The van der Waals surface area contributed by atoms with Gasteiger partial charge in [-0.25, -0.2) is 0 Å². The third kappa shape index (κ3) is 4.47. The van der Waals surface area contributed by atoms with Crippen molar-refractivity contribution >= 4 is 39.9 Å². The molecule has 6 heteroatoms. The van der Waals surface area contributed by atoms with Gasteiger partial charge in [0.2, 0.25) is 5.78 Å². The van der Waals surface area contributed by atoms with Gasteiger partial charge in [-0.3, -0.25) is 9.59 Å². The number of nitrogens with one attached hydrogen (secondary N) is 1. The first-order valence-corrected chi connectivity index (χ1v) is 10.1. The molecule has 0 atom stereocenters. The van der Waals surface area contributed by atoms with E-state index in [2.05, 4.69) is 5.32 Å². The van der Waals surface area contributed by atoms with Gasteiger partial charge >= 0.3 is 0 Å². The summed E-state index contributed by atoms with van der Waals surface area (Å²) in [7, 11) is 0. The first-order valence-electron chi connectivity index (χ1n) is 9.74. The number of fused-ring (bicyclic) bond motifs is 1. The van der Waals surface area contributed by atoms with Crippen LogP contribution in [0.5, 0.6) is 5.75 Å². The molecule has 5 nitrogen and oxygen atoms in total. The van der Waals surface area contributed by atoms with Gasteiger partial charge in [0.1, 0.15) is 11.3 Å². The Hall–Kier alpha value is -3.57. The highest BCUT2D eigenvalue weighted by Gasteiger charge is 2.23. The molecule has 0 saturated heterocycles. The van der Waals surface area contributed by atoms with Gasteiger partial charge in [0.15, 0.2) is 12.4 Å². The Bertz CT molecular complexity index is 1270. The zero-order chi connectivity index (χ0) is 22.0. The maximum atomic E-state index is 13.1. The standard InChI is InChI=1S/C25H20ClNO4/c1-15-7-12-19(13-16(15)2)30-14-22(28)27-23-20-5-3-4-6-21(20)31-25(23)24(29)17-8-10-18(26)11-9-17/h3-13H,14H2,1-2H3,(H,27,28). The fourth-order valence-electron chi connectivity index (χ4n) is 3.19. The molecule has 156 valence electrons. The van der Waals surface area contributed by atoms with Crippen LogP contribution in [-0.4, -0.2) is 18.3 Å². The van der Waals surface area contributed by atoms with E-state index in [1.807, 2.05) is 38.1 Å². The van der Waals surface area contributed by atoms with Gasteiger partial charge in [0.05, 0.1) is 5.69 Å². The van der Waals surface area contributed by atoms with Gasteiger partial charge in [-0.15, -0.1) is 0 Å². The molecule has 0 radical (unpaired) electrons. The predicted molar refractivity (Wildman–Crippen MR) is 121 cm³/mol. The van der Waals surface area contributed by atoms with E-state index in [9.17, 15) is 9.59 Å². The van der Waals surface area contributed by atoms with Crippen molar-refractivity contribution in [2.75, 3.05) is 11.9 Å². The number of halogens is 1. The van der Waals surface area contributed by atoms with E-state index in [1.165, 1.54) is 0 Å². The highest BCUT2D eigenvalue weighted by atomic mass is 35.5. The summed E-state index contributed by atoms with van der Waals surface area (Å²) in [5, 5.41) is 3.95. The fourth-order valence-corrected chi connectivity index (χ4v) is 3.32. The monoisotopic (exact) mass is 433 g/mol. The average molecular weight is 434 g/mol. The largest absolute Gasteiger partial charge is 0.484 e. The number of benzene rings is 3. The first-order chi connectivity index (χ1) is 14.9. The third-order valence-corrected chi connectivity index (χ3v) is 5.27. The lowest BCUT2D eigenvalue weighted by Gasteiger charge is -2.09. The zero-order valence-corrected chi connectivity index (χ0v) is 17.8. The Kier molecular flexibility index (Phi) is 5.78. The van der Waals surface area contributed by atoms with Crippen molar-refractivity contribution in [1.82, 2.24) is 0 Å². The molecule has 3 aromatic carbocycles. The van der Waals surface area contributed by atoms with Gasteiger partial charge in [-0.2, -0.15) is 0 Å². The number of rotatable bonds is 6. The van der Waals surface area contributed by atoms with Crippen molar-refractivity contribution in [3.05, 3.63) is 94.2 Å². The quantitative estimate of drug-likeness (QED) is 0.381. The number of carbonyl (C=O) groups excluding carboxylic acids is 2. The highest BCUT2D eigenvalue weighted by Crippen LogP contribution is 2.32. The Morgan fingerprint density at radius 3 is 2.45 bits per heavy atom. The molecule has 0 aliphatic heterocycles. The van der Waals surface area contributed by atoms with Crippen LogP contribution in [0.4, 0.5) is 5.69 Å². The molecule has 0 aliphatic rings. The summed E-state index contributed by atoms with van der Waals surface area (Å²) in [5.41, 5.74) is 3.46. The lowest BCUT2D eigenvalue weighted by molar-refractivity contribution is -0.118. The summed E-state index contributed by atoms with van der Waals surface area (Å²) < 4.78 is 11.4. The average Bonchev–Trinajstić information content (AvgIpc) is 3.13. The minimum Gasteiger partial charge on any atom is -0.484 e. The molecule has 31 heavy (non-hydrogen) atoms. The van der Waals surface area contributed by atoms with Crippen molar-refractivity contribution < 1.29 is 18.7 Å². The normalized spacial score (nSPS) is 10.8. The Morgan fingerprint density at radius 1 is 0.968 bits per heavy atom. The maximum absolute atomic E-state index is 13.1. The molecule has 0 saturated carbocycles. The Labute approximate surface area is 184 Å². The molecule has 1 amide bonds. The summed E-state index contributed by atoms with van der Waals surface area (Å²) in [5.74, 6) is -0.0796. The summed E-state index contributed by atoms with van der Waals surface area (Å²) in [6.45, 7) is 3.79. The van der Waals surface area contributed by atoms with E-state index < -0.39 is 5.91 Å². The van der Waals surface area contributed by atoms with Crippen molar-refractivity contribution in [3.63, 3.8) is 0 Å². The Morgan fingerprint density at radius 2 is 1.71 bits per heavy atom. The molecule has 0 unspecified atom stereocenters. The number of para-hydroxylation sites is 1. The van der Waals surface area contributed by atoms with E-state index in [-0.39, 0.29) is 18.2 Å². The second-order valence-electron chi connectivity index (χ2n) is 7.22. The van der Waals surface area contributed by atoms with Gasteiger partial charge in [-0.1, -0.05) is 29.8 Å². The molecular formula is C25H20ClNO4. The smallest absolute Gasteiger partial charge is 0.262 e. The number of hydrogen-bond donors (Lipinski definition) is 1. The van der Waals surface area contributed by atoms with Gasteiger partial charge in [-0.05, 0) is 73.5 Å². The number of carbonyl (C=O) groups is 2. The van der Waals surface area contributed by atoms with E-state index in [0.29, 0.717) is 33.0 Å². The van der Waals surface area contributed by atoms with Crippen molar-refractivity contribution in [2.45, 2.75) is 13.8 Å². The highest BCUT2D eigenvalue weighted by molar-refractivity contribution is 6.30. The number of hydrogen-bond acceptors (Lipinski definition) is 4. The molecule has 4 aromatic rings. The number of furan rings is 1. The number of ketones is 1. The topological polar surface area (TPSA) is 68.5 Å². The fraction of sp³-hybridized carbons (Fsp3) is 0.120. The van der Waals surface area contributed by atoms with E-state index in [0.717, 1.165) is 11.1 Å². The van der Waals surface area contributed by atoms with E-state index in [1.54, 1.807) is 42.5 Å². The first kappa shape index (κ1) is 20.7. The second-order valence-corrected chi connectivity index (χ2v) is 7.66. The molecule has 0 spiro atoms. The molecule has 0 aliphatic carbocycles. The zero-order valence-electron chi connectivity index (χ0n) is 17.1. The number of ether oxygens (including phenoxy) is 1. The minimum atomic E-state index is -0.394. The van der Waals surface area contributed by atoms with Crippen LogP contribution in [0, 0.1) is 13.8 Å². The van der Waals surface area contributed by atoms with Gasteiger partial charge in [0.25, 0.3) is 5.91 Å². The number of aryl methyl sites for hydroxylation is 2. The minimum absolute atomic E-state index is 0.0584. The van der Waals surface area contributed by atoms with Crippen LogP contribution in [0.15, 0.2) is 71.1 Å². The molecule has 1 heterocycles. The summed E-state index contributed by atoms with van der Waals surface area (Å²) in [4.78, 5) is 25.7. The maximum Gasteiger partial charge on any atom is 0.262 e. The van der Waals surface area contributed by atoms with Crippen LogP contribution >= 0.6 is 11.6 Å². The summed E-state index contributed by atoms with van der Waals surface area (Å²) in [6, 6.07) is 19.3. The van der Waals surface area contributed by atoms with Crippen LogP contribution in [0.2, 0.25) is 5.02 Å². The van der Waals surface area contributed by atoms with Crippen molar-refractivity contribution in [1.29, 1.82) is 0 Å². The molecule has 4 rings (SSSR count). The molecule has 1 aromatic heterocycles. The number of anilines is 1. The van der Waals surface area contributed by atoms with Crippen molar-refractivity contribution in [2.24, 2.45) is 0 Å². The predicted octanol–water partition coefficient (Wildman–Crippen LogP) is 5.95. The summed E-state index contributed by atoms with van der Waals surface area (Å²) >= 11 is 5.92. The summed E-state index contributed by atoms with van der Waals surface area (Å²) in [6.07, 6.45) is 0. The lowest BCUT2D eigenvalue weighted by atomic mass is 10.1. The van der Waals surface area contributed by atoms with E-state index >= 15 is 0 Å². The van der Waals surface area contributed by atoms with Crippen LogP contribution in [0.25, 0.3) is 11.0 Å². The Balaban J connectivity index is 1.59. The third-order valence-electron chi connectivity index (χ3n) is 5.02. The van der Waals surface area contributed by atoms with Crippen LogP contribution in [0.1, 0.15) is 27.2 Å². The van der Waals surface area contributed by atoms with E-state index in [4.69, 9.17) is 20.8 Å². The van der Waals surface area contributed by atoms with Gasteiger partial charge in [0, 0.05) is 16.0 Å². The second kappa shape index (κ2) is 8.66. The molecule has 1 N–H and O–H groups in total. The molecule has 0 bridgehead atoms. The molecular weight excluding hydrogens is 414 g/mol. The van der Waals surface area contributed by atoms with Crippen molar-refractivity contribution in [3.8, 4) is 5.75 Å². The van der Waals surface area contributed by atoms with Crippen LogP contribution < -0.4 is 10.1 Å². The van der Waals surface area contributed by atoms with Crippen LogP contribution in [-0.2, 0) is 4.79 Å². The molecule has 0 fully saturated rings. The van der Waals surface area contributed by atoms with Crippen LogP contribution in [0.3, 0.4) is 0 Å².